The predicted octanol–water partition coefficient (Wildman–Crippen LogP) is 6.73. The van der Waals surface area contributed by atoms with Crippen LogP contribution in [0.3, 0.4) is 0 Å². The number of carbonyl (C=O) groups excluding carboxylic acids is 1. The third-order valence-electron chi connectivity index (χ3n) is 9.31. The summed E-state index contributed by atoms with van der Waals surface area (Å²) in [6.45, 7) is 4.74. The molecule has 4 aromatic rings. The Morgan fingerprint density at radius 1 is 0.958 bits per heavy atom. The molecular weight excluding hydrogens is 598 g/mol. The lowest BCUT2D eigenvalue weighted by atomic mass is 9.88. The number of aliphatic imine (C=N–C) groups is 1. The Morgan fingerprint density at radius 3 is 2.31 bits per heavy atom. The van der Waals surface area contributed by atoms with Gasteiger partial charge in [0.1, 0.15) is 5.70 Å². The average Bonchev–Trinajstić information content (AvgIpc) is 3.56. The summed E-state index contributed by atoms with van der Waals surface area (Å²) in [4.78, 5) is 40.4. The van der Waals surface area contributed by atoms with Crippen LogP contribution in [0.2, 0.25) is 0 Å². The summed E-state index contributed by atoms with van der Waals surface area (Å²) in [6.07, 6.45) is 9.49. The molecule has 0 saturated heterocycles. The summed E-state index contributed by atoms with van der Waals surface area (Å²) in [6, 6.07) is 25.7. The molecule has 0 radical (unpaired) electrons. The van der Waals surface area contributed by atoms with Gasteiger partial charge in [0.15, 0.2) is 0 Å². The van der Waals surface area contributed by atoms with Crippen molar-refractivity contribution in [1.29, 1.82) is 0 Å². The summed E-state index contributed by atoms with van der Waals surface area (Å²) in [5.74, 6) is -1.56. The third kappa shape index (κ3) is 8.12. The van der Waals surface area contributed by atoms with Crippen LogP contribution in [0.4, 0.5) is 0 Å². The number of nitrogens with zero attached hydrogens (tertiary/aromatic N) is 4. The van der Waals surface area contributed by atoms with Crippen molar-refractivity contribution < 1.29 is 14.7 Å². The quantitative estimate of drug-likeness (QED) is 0.158. The molecule has 3 N–H and O–H groups in total. The van der Waals surface area contributed by atoms with Gasteiger partial charge in [0.25, 0.3) is 5.91 Å². The summed E-state index contributed by atoms with van der Waals surface area (Å²) >= 11 is 0. The Morgan fingerprint density at radius 2 is 1.67 bits per heavy atom. The number of benzene rings is 2. The number of pyridine rings is 2. The Kier molecular flexibility index (Phi) is 10.5. The van der Waals surface area contributed by atoms with E-state index in [1.54, 1.807) is 6.21 Å². The number of aliphatic carboxylic acids is 1. The molecule has 6 rings (SSSR count). The largest absolute Gasteiger partial charge is 0.481 e. The minimum atomic E-state index is -0.854. The van der Waals surface area contributed by atoms with E-state index in [0.717, 1.165) is 74.3 Å². The van der Waals surface area contributed by atoms with Crippen molar-refractivity contribution in [3.05, 3.63) is 124 Å². The maximum Gasteiger partial charge on any atom is 0.303 e. The van der Waals surface area contributed by atoms with E-state index in [2.05, 4.69) is 82.7 Å². The lowest BCUT2D eigenvalue weighted by Gasteiger charge is -2.23. The highest BCUT2D eigenvalue weighted by atomic mass is 16.4. The zero-order valence-corrected chi connectivity index (χ0v) is 27.6. The van der Waals surface area contributed by atoms with Gasteiger partial charge >= 0.3 is 5.97 Å². The molecule has 0 spiro atoms. The van der Waals surface area contributed by atoms with Gasteiger partial charge in [-0.2, -0.15) is 0 Å². The minimum absolute atomic E-state index is 0.0342. The molecule has 8 nitrogen and oxygen atoms in total. The number of carboxylic acid groups (broad SMARTS) is 1. The van der Waals surface area contributed by atoms with Crippen LogP contribution in [0.1, 0.15) is 71.3 Å². The molecule has 0 fully saturated rings. The molecule has 3 heterocycles. The summed E-state index contributed by atoms with van der Waals surface area (Å²) in [5.41, 5.74) is 16.5. The number of hydrogen-bond donors (Lipinski definition) is 2. The Labute approximate surface area is 282 Å². The average molecular weight is 642 g/mol. The van der Waals surface area contributed by atoms with Gasteiger partial charge in [-0.15, -0.1) is 0 Å². The van der Waals surface area contributed by atoms with Crippen molar-refractivity contribution in [1.82, 2.24) is 14.9 Å². The molecule has 1 atom stereocenters. The van der Waals surface area contributed by atoms with Crippen LogP contribution >= 0.6 is 0 Å². The van der Waals surface area contributed by atoms with Crippen molar-refractivity contribution in [3.8, 4) is 11.3 Å². The topological polar surface area (TPSA) is 122 Å². The lowest BCUT2D eigenvalue weighted by molar-refractivity contribution is -0.137. The molecule has 1 unspecified atom stereocenters. The fourth-order valence-electron chi connectivity index (χ4n) is 6.99. The molecule has 2 aromatic heterocycles. The highest BCUT2D eigenvalue weighted by molar-refractivity contribution is 6.02. The van der Waals surface area contributed by atoms with E-state index < -0.39 is 11.9 Å². The van der Waals surface area contributed by atoms with Gasteiger partial charge in [0, 0.05) is 48.8 Å². The highest BCUT2D eigenvalue weighted by Crippen LogP contribution is 2.36. The standard InChI is InChI=1S/C40H43N5O3/c1-27-20-32(24-43-37(27)35-21-30(17-18-36(46)47)23-42-39(35)40(41)48)38-34-16-8-14-31(34)22-33(44-38)15-9-19-45(25-28-10-4-2-5-11-28)26-29-12-6-3-7-13-29/h2-7,10-13,20,22-24,30H,8-9,14-19,21,25-26H2,1H3,(H2,41,48)(H,46,47). The number of primary amides is 1. The molecule has 1 aliphatic carbocycles. The van der Waals surface area contributed by atoms with E-state index in [0.29, 0.717) is 24.1 Å². The first-order valence-electron chi connectivity index (χ1n) is 16.9. The molecule has 8 heteroatoms. The molecule has 246 valence electrons. The van der Waals surface area contributed by atoms with Crippen LogP contribution in [-0.2, 0) is 41.9 Å². The number of carboxylic acids is 1. The van der Waals surface area contributed by atoms with Crippen molar-refractivity contribution in [2.24, 2.45) is 16.6 Å². The number of rotatable bonds is 14. The fourth-order valence-corrected chi connectivity index (χ4v) is 6.99. The molecule has 2 aromatic carbocycles. The number of hydrogen-bond acceptors (Lipinski definition) is 6. The molecule has 1 aliphatic heterocycles. The molecule has 0 saturated carbocycles. The second kappa shape index (κ2) is 15.3. The van der Waals surface area contributed by atoms with Gasteiger partial charge in [-0.25, -0.2) is 0 Å². The maximum absolute atomic E-state index is 12.3. The van der Waals surface area contributed by atoms with E-state index in [1.807, 2.05) is 13.1 Å². The number of carbonyl (C=O) groups is 2. The number of nitrogens with two attached hydrogens (primary N) is 1. The van der Waals surface area contributed by atoms with Gasteiger partial charge in [0.05, 0.1) is 11.4 Å². The summed E-state index contributed by atoms with van der Waals surface area (Å²) in [7, 11) is 0. The Balaban J connectivity index is 1.21. The smallest absolute Gasteiger partial charge is 0.303 e. The van der Waals surface area contributed by atoms with Crippen LogP contribution in [0, 0.1) is 12.8 Å². The highest BCUT2D eigenvalue weighted by Gasteiger charge is 2.26. The molecule has 48 heavy (non-hydrogen) atoms. The number of aryl methyl sites for hydroxylation is 3. The Bertz CT molecular complexity index is 1790. The van der Waals surface area contributed by atoms with Crippen molar-refractivity contribution in [2.75, 3.05) is 6.54 Å². The van der Waals surface area contributed by atoms with Gasteiger partial charge < -0.3 is 10.8 Å². The third-order valence-corrected chi connectivity index (χ3v) is 9.31. The second-order valence-corrected chi connectivity index (χ2v) is 13.0. The molecule has 2 aliphatic rings. The number of allylic oxidation sites excluding steroid dienone is 1. The van der Waals surface area contributed by atoms with Gasteiger partial charge in [-0.05, 0) is 104 Å². The molecular formula is C40H43N5O3. The van der Waals surface area contributed by atoms with Crippen LogP contribution in [-0.4, -0.2) is 44.6 Å². The van der Waals surface area contributed by atoms with Crippen LogP contribution in [0.5, 0.6) is 0 Å². The normalized spacial score (nSPS) is 15.6. The first-order valence-corrected chi connectivity index (χ1v) is 16.9. The predicted molar refractivity (Wildman–Crippen MR) is 189 cm³/mol. The van der Waals surface area contributed by atoms with Crippen molar-refractivity contribution in [2.45, 2.75) is 71.4 Å². The van der Waals surface area contributed by atoms with Crippen LogP contribution in [0.15, 0.2) is 89.7 Å². The van der Waals surface area contributed by atoms with Gasteiger partial charge in [0.2, 0.25) is 0 Å². The molecule has 1 amide bonds. The van der Waals surface area contributed by atoms with Crippen molar-refractivity contribution in [3.63, 3.8) is 0 Å². The number of fused-ring (bicyclic) bond motifs is 1. The maximum atomic E-state index is 12.3. The first-order chi connectivity index (χ1) is 23.3. The van der Waals surface area contributed by atoms with E-state index in [4.69, 9.17) is 20.8 Å². The van der Waals surface area contributed by atoms with E-state index >= 15 is 0 Å². The number of aromatic nitrogens is 2. The SMILES string of the molecule is Cc1cc(-c2nc(CCCN(Cc3ccccc3)Cc3ccccc3)cc3c2CCC3)cnc1C1=C(C(N)=O)N=CC(CCC(=O)O)C1. The fraction of sp³-hybridized carbons (Fsp3) is 0.325. The van der Waals surface area contributed by atoms with E-state index in [1.165, 1.54) is 22.3 Å². The minimum Gasteiger partial charge on any atom is -0.481 e. The van der Waals surface area contributed by atoms with Gasteiger partial charge in [-0.3, -0.25) is 29.4 Å². The van der Waals surface area contributed by atoms with E-state index in [9.17, 15) is 9.59 Å². The van der Waals surface area contributed by atoms with Crippen molar-refractivity contribution >= 4 is 23.7 Å². The molecule has 0 bridgehead atoms. The van der Waals surface area contributed by atoms with Crippen LogP contribution < -0.4 is 5.73 Å². The first kappa shape index (κ1) is 33.0. The summed E-state index contributed by atoms with van der Waals surface area (Å²) < 4.78 is 0. The Hall–Kier alpha value is -4.95. The van der Waals surface area contributed by atoms with Crippen LogP contribution in [0.25, 0.3) is 16.8 Å². The summed E-state index contributed by atoms with van der Waals surface area (Å²) in [5, 5.41) is 9.17. The zero-order valence-electron chi connectivity index (χ0n) is 27.6. The zero-order chi connectivity index (χ0) is 33.5. The van der Waals surface area contributed by atoms with Gasteiger partial charge in [-0.1, -0.05) is 60.7 Å². The lowest BCUT2D eigenvalue weighted by Crippen LogP contribution is -2.24. The van der Waals surface area contributed by atoms with E-state index in [-0.39, 0.29) is 18.0 Å². The monoisotopic (exact) mass is 641 g/mol. The second-order valence-electron chi connectivity index (χ2n) is 13.0. The number of amides is 1.